The number of benzene rings is 1. The van der Waals surface area contributed by atoms with Crippen LogP contribution in [0, 0.1) is 0 Å². The van der Waals surface area contributed by atoms with Crippen molar-refractivity contribution < 1.29 is 19.4 Å². The maximum Gasteiger partial charge on any atom is 0.413 e. The SMILES string of the molecule is CCC(C(=O)O)N(C(=O)OCc1ccccc1)C(P)(Cl)Cl. The van der Waals surface area contributed by atoms with Gasteiger partial charge in [0.05, 0.1) is 0 Å². The Morgan fingerprint density at radius 1 is 1.38 bits per heavy atom. The summed E-state index contributed by atoms with van der Waals surface area (Å²) in [6, 6.07) is 7.82. The third kappa shape index (κ3) is 5.34. The number of carbonyl (C=O) groups excluding carboxylic acids is 1. The number of carbonyl (C=O) groups is 2. The zero-order chi connectivity index (χ0) is 16.0. The second-order valence-electron chi connectivity index (χ2n) is 4.26. The summed E-state index contributed by atoms with van der Waals surface area (Å²) in [4.78, 5) is 24.1. The number of hydrogen-bond donors (Lipinski definition) is 1. The number of aliphatic carboxylic acids is 1. The first-order valence-electron chi connectivity index (χ1n) is 6.16. The minimum atomic E-state index is -1.77. The Kier molecular flexibility index (Phi) is 6.72. The number of rotatable bonds is 6. The molecular formula is C13H16Cl2NO4P. The molecule has 0 saturated heterocycles. The molecule has 5 nitrogen and oxygen atoms in total. The third-order valence-corrected chi connectivity index (χ3v) is 3.35. The number of carboxylic acids is 1. The molecule has 0 radical (unpaired) electrons. The smallest absolute Gasteiger partial charge is 0.413 e. The van der Waals surface area contributed by atoms with Crippen LogP contribution in [0.25, 0.3) is 0 Å². The minimum absolute atomic E-state index is 0.000745. The Labute approximate surface area is 135 Å². The van der Waals surface area contributed by atoms with Crippen LogP contribution in [0.15, 0.2) is 30.3 Å². The van der Waals surface area contributed by atoms with Gasteiger partial charge in [-0.3, -0.25) is 4.90 Å². The van der Waals surface area contributed by atoms with E-state index in [0.717, 1.165) is 10.5 Å². The van der Waals surface area contributed by atoms with E-state index in [4.69, 9.17) is 33.0 Å². The fourth-order valence-corrected chi connectivity index (χ4v) is 2.37. The molecule has 21 heavy (non-hydrogen) atoms. The molecule has 0 aliphatic carbocycles. The fraction of sp³-hybridized carbons (Fsp3) is 0.385. The van der Waals surface area contributed by atoms with Gasteiger partial charge in [-0.05, 0) is 12.0 Å². The predicted octanol–water partition coefficient (Wildman–Crippen LogP) is 3.45. The van der Waals surface area contributed by atoms with E-state index in [1.165, 1.54) is 0 Å². The minimum Gasteiger partial charge on any atom is -0.480 e. The molecule has 116 valence electrons. The van der Waals surface area contributed by atoms with Gasteiger partial charge in [0.2, 0.25) is 4.20 Å². The van der Waals surface area contributed by atoms with E-state index in [1.54, 1.807) is 31.2 Å². The second-order valence-corrected chi connectivity index (χ2v) is 7.17. The van der Waals surface area contributed by atoms with Gasteiger partial charge >= 0.3 is 12.1 Å². The van der Waals surface area contributed by atoms with E-state index in [1.807, 2.05) is 15.3 Å². The highest BCUT2D eigenvalue weighted by molar-refractivity contribution is 7.27. The van der Waals surface area contributed by atoms with Crippen molar-refractivity contribution in [2.45, 2.75) is 30.2 Å². The van der Waals surface area contributed by atoms with Crippen molar-refractivity contribution in [2.24, 2.45) is 0 Å². The summed E-state index contributed by atoms with van der Waals surface area (Å²) in [6.45, 7) is 1.61. The summed E-state index contributed by atoms with van der Waals surface area (Å²) in [6.07, 6.45) is -0.751. The zero-order valence-corrected chi connectivity index (χ0v) is 14.0. The Morgan fingerprint density at radius 2 is 1.95 bits per heavy atom. The number of ether oxygens (including phenoxy) is 1. The van der Waals surface area contributed by atoms with Gasteiger partial charge in [-0.1, -0.05) is 69.7 Å². The topological polar surface area (TPSA) is 66.8 Å². The quantitative estimate of drug-likeness (QED) is 0.484. The Morgan fingerprint density at radius 3 is 2.38 bits per heavy atom. The van der Waals surface area contributed by atoms with Crippen molar-refractivity contribution in [1.82, 2.24) is 4.90 Å². The van der Waals surface area contributed by atoms with Crippen LogP contribution in [-0.4, -0.2) is 32.3 Å². The summed E-state index contributed by atoms with van der Waals surface area (Å²) < 4.78 is 3.32. The molecule has 1 N–H and O–H groups in total. The molecule has 8 heteroatoms. The first-order valence-corrected chi connectivity index (χ1v) is 7.50. The molecule has 1 aromatic rings. The van der Waals surface area contributed by atoms with Crippen LogP contribution in [0.1, 0.15) is 18.9 Å². The monoisotopic (exact) mass is 351 g/mol. The zero-order valence-electron chi connectivity index (χ0n) is 11.3. The highest BCUT2D eigenvalue weighted by Gasteiger charge is 2.41. The second kappa shape index (κ2) is 7.83. The van der Waals surface area contributed by atoms with Crippen LogP contribution >= 0.6 is 32.4 Å². The molecule has 0 aliphatic rings. The van der Waals surface area contributed by atoms with Gasteiger partial charge in [0.25, 0.3) is 0 Å². The number of alkyl halides is 2. The molecule has 0 bridgehead atoms. The lowest BCUT2D eigenvalue weighted by Gasteiger charge is -2.34. The van der Waals surface area contributed by atoms with Crippen LogP contribution < -0.4 is 0 Å². The molecular weight excluding hydrogens is 336 g/mol. The van der Waals surface area contributed by atoms with Crippen LogP contribution in [0.4, 0.5) is 4.79 Å². The van der Waals surface area contributed by atoms with E-state index in [2.05, 4.69) is 0 Å². The van der Waals surface area contributed by atoms with E-state index < -0.39 is 22.3 Å². The van der Waals surface area contributed by atoms with Crippen molar-refractivity contribution in [3.63, 3.8) is 0 Å². The molecule has 1 aromatic carbocycles. The number of amides is 1. The van der Waals surface area contributed by atoms with Gasteiger partial charge in [0.15, 0.2) is 0 Å². The Balaban J connectivity index is 2.84. The summed E-state index contributed by atoms with van der Waals surface area (Å²) in [7, 11) is 2.01. The molecule has 2 unspecified atom stereocenters. The number of nitrogens with zero attached hydrogens (tertiary/aromatic N) is 1. The van der Waals surface area contributed by atoms with Crippen molar-refractivity contribution in [2.75, 3.05) is 0 Å². The van der Waals surface area contributed by atoms with E-state index in [-0.39, 0.29) is 13.0 Å². The molecule has 2 atom stereocenters. The molecule has 0 aromatic heterocycles. The van der Waals surface area contributed by atoms with Gasteiger partial charge < -0.3 is 9.84 Å². The Hall–Kier alpha value is -1.03. The van der Waals surface area contributed by atoms with Crippen molar-refractivity contribution in [1.29, 1.82) is 0 Å². The van der Waals surface area contributed by atoms with Gasteiger partial charge in [-0.2, -0.15) is 0 Å². The van der Waals surface area contributed by atoms with E-state index in [0.29, 0.717) is 0 Å². The van der Waals surface area contributed by atoms with Gasteiger partial charge in [-0.25, -0.2) is 9.59 Å². The number of hydrogen-bond acceptors (Lipinski definition) is 3. The summed E-state index contributed by atoms with van der Waals surface area (Å²) in [5.74, 6) is -1.21. The van der Waals surface area contributed by atoms with Gasteiger partial charge in [-0.15, -0.1) is 0 Å². The maximum absolute atomic E-state index is 12.1. The van der Waals surface area contributed by atoms with Crippen LogP contribution in [0.5, 0.6) is 0 Å². The Bertz CT molecular complexity index is 493. The average molecular weight is 352 g/mol. The van der Waals surface area contributed by atoms with Crippen LogP contribution in [0.2, 0.25) is 0 Å². The largest absolute Gasteiger partial charge is 0.480 e. The normalized spacial score (nSPS) is 12.6. The molecule has 1 rings (SSSR count). The first-order chi connectivity index (χ1) is 9.77. The van der Waals surface area contributed by atoms with E-state index in [9.17, 15) is 9.59 Å². The highest BCUT2D eigenvalue weighted by Crippen LogP contribution is 2.36. The summed E-state index contributed by atoms with van der Waals surface area (Å²) >= 11 is 11.8. The lowest BCUT2D eigenvalue weighted by molar-refractivity contribution is -0.143. The lowest BCUT2D eigenvalue weighted by atomic mass is 10.2. The fourth-order valence-electron chi connectivity index (χ4n) is 1.71. The number of carboxylic acid groups (broad SMARTS) is 1. The highest BCUT2D eigenvalue weighted by atomic mass is 35.5. The predicted molar refractivity (Wildman–Crippen MR) is 84.3 cm³/mol. The molecule has 0 spiro atoms. The molecule has 0 fully saturated rings. The third-order valence-electron chi connectivity index (χ3n) is 2.71. The van der Waals surface area contributed by atoms with Crippen LogP contribution in [-0.2, 0) is 16.1 Å². The van der Waals surface area contributed by atoms with E-state index >= 15 is 0 Å². The average Bonchev–Trinajstić information content (AvgIpc) is 2.41. The standard InChI is InChI=1S/C13H16Cl2NO4P/c1-2-10(11(17)18)16(13(14,15)21)12(19)20-8-9-6-4-3-5-7-9/h3-7,10H,2,8,21H2,1H3,(H,17,18). The van der Waals surface area contributed by atoms with Gasteiger partial charge in [0, 0.05) is 0 Å². The summed E-state index contributed by atoms with van der Waals surface area (Å²) in [5.41, 5.74) is 0.771. The lowest BCUT2D eigenvalue weighted by Crippen LogP contribution is -2.51. The van der Waals surface area contributed by atoms with Crippen LogP contribution in [0.3, 0.4) is 0 Å². The molecule has 0 aliphatic heterocycles. The van der Waals surface area contributed by atoms with Crippen molar-refractivity contribution in [3.05, 3.63) is 35.9 Å². The number of halogens is 2. The van der Waals surface area contributed by atoms with Crippen molar-refractivity contribution >= 4 is 44.5 Å². The molecule has 0 heterocycles. The maximum atomic E-state index is 12.1. The molecule has 0 saturated carbocycles. The summed E-state index contributed by atoms with van der Waals surface area (Å²) in [5, 5.41) is 9.17. The van der Waals surface area contributed by atoms with Gasteiger partial charge in [0.1, 0.15) is 12.6 Å². The first kappa shape index (κ1) is 18.0. The molecule has 1 amide bonds. The van der Waals surface area contributed by atoms with Crippen molar-refractivity contribution in [3.8, 4) is 0 Å².